The van der Waals surface area contributed by atoms with Gasteiger partial charge in [-0.1, -0.05) is 23.2 Å². The van der Waals surface area contributed by atoms with Gasteiger partial charge in [0.15, 0.2) is 0 Å². The maximum Gasteiger partial charge on any atom is 0.430 e. The molecule has 1 heterocycles. The number of rotatable bonds is 4. The molecule has 2 aromatic carbocycles. The minimum atomic E-state index is -4.91. The number of alkyl halides is 3. The Morgan fingerprint density at radius 3 is 2.39 bits per heavy atom. The van der Waals surface area contributed by atoms with E-state index in [1.165, 1.54) is 25.3 Å². The van der Waals surface area contributed by atoms with Crippen molar-refractivity contribution in [2.75, 3.05) is 7.11 Å². The van der Waals surface area contributed by atoms with E-state index < -0.39 is 23.8 Å². The predicted octanol–water partition coefficient (Wildman–Crippen LogP) is 5.59. The van der Waals surface area contributed by atoms with Crippen molar-refractivity contribution in [3.05, 3.63) is 51.5 Å². The maximum absolute atomic E-state index is 13.2. The minimum Gasteiger partial charge on any atom is -0.497 e. The first-order valence-corrected chi connectivity index (χ1v) is 8.39. The van der Waals surface area contributed by atoms with Crippen LogP contribution in [0.3, 0.4) is 0 Å². The topological polar surface area (TPSA) is 65.0 Å². The first-order chi connectivity index (χ1) is 13.1. The fourth-order valence-corrected chi connectivity index (χ4v) is 2.92. The number of aliphatic carboxylic acids is 1. The molecule has 0 radical (unpaired) electrons. The standard InChI is InChI=1S/C18H11Cl2F3O5/c1-26-9-2-3-13(12(20)6-9)27-15-7-14-8(5-11(15)19)4-10(17(24)25)16(28-14)18(21,22)23/h2-7,16H,1H3,(H,24,25). The summed E-state index contributed by atoms with van der Waals surface area (Å²) in [5.41, 5.74) is -0.862. The Labute approximate surface area is 166 Å². The lowest BCUT2D eigenvalue weighted by Gasteiger charge is -2.27. The number of fused-ring (bicyclic) bond motifs is 1. The summed E-state index contributed by atoms with van der Waals surface area (Å²) >= 11 is 12.2. The molecule has 0 saturated heterocycles. The third-order valence-electron chi connectivity index (χ3n) is 3.81. The summed E-state index contributed by atoms with van der Waals surface area (Å²) in [6.07, 6.45) is -6.66. The van der Waals surface area contributed by atoms with Crippen molar-refractivity contribution in [1.82, 2.24) is 0 Å². The number of methoxy groups -OCH3 is 1. The van der Waals surface area contributed by atoms with Gasteiger partial charge in [-0.15, -0.1) is 0 Å². The molecule has 0 aromatic heterocycles. The second-order valence-corrected chi connectivity index (χ2v) is 6.48. The van der Waals surface area contributed by atoms with Crippen molar-refractivity contribution >= 4 is 35.2 Å². The van der Waals surface area contributed by atoms with E-state index in [2.05, 4.69) is 0 Å². The molecule has 1 aliphatic rings. The van der Waals surface area contributed by atoms with Crippen LogP contribution in [0.4, 0.5) is 13.2 Å². The molecule has 0 amide bonds. The monoisotopic (exact) mass is 434 g/mol. The van der Waals surface area contributed by atoms with Crippen molar-refractivity contribution in [3.8, 4) is 23.0 Å². The van der Waals surface area contributed by atoms with Crippen LogP contribution in [0.25, 0.3) is 6.08 Å². The minimum absolute atomic E-state index is 0.0133. The molecular weight excluding hydrogens is 424 g/mol. The zero-order chi connectivity index (χ0) is 20.6. The van der Waals surface area contributed by atoms with Gasteiger partial charge in [-0.25, -0.2) is 4.79 Å². The summed E-state index contributed by atoms with van der Waals surface area (Å²) in [6, 6.07) is 6.96. The Morgan fingerprint density at radius 1 is 1.14 bits per heavy atom. The van der Waals surface area contributed by atoms with E-state index in [1.54, 1.807) is 6.07 Å². The molecule has 0 aliphatic carbocycles. The highest BCUT2D eigenvalue weighted by molar-refractivity contribution is 6.33. The fourth-order valence-electron chi connectivity index (χ4n) is 2.50. The Balaban J connectivity index is 2.00. The molecule has 1 aliphatic heterocycles. The van der Waals surface area contributed by atoms with Crippen LogP contribution >= 0.6 is 23.2 Å². The number of carboxylic acid groups (broad SMARTS) is 1. The van der Waals surface area contributed by atoms with E-state index >= 15 is 0 Å². The second kappa shape index (κ2) is 7.44. The van der Waals surface area contributed by atoms with Crippen molar-refractivity contribution in [3.63, 3.8) is 0 Å². The van der Waals surface area contributed by atoms with Gasteiger partial charge in [0.25, 0.3) is 0 Å². The van der Waals surface area contributed by atoms with Crippen molar-refractivity contribution in [1.29, 1.82) is 0 Å². The molecule has 1 N–H and O–H groups in total. The predicted molar refractivity (Wildman–Crippen MR) is 95.6 cm³/mol. The third kappa shape index (κ3) is 3.98. The van der Waals surface area contributed by atoms with E-state index in [-0.39, 0.29) is 32.9 Å². The normalized spacial score (nSPS) is 15.9. The number of hydrogen-bond donors (Lipinski definition) is 1. The summed E-state index contributed by atoms with van der Waals surface area (Å²) in [5.74, 6) is -1.31. The average Bonchev–Trinajstić information content (AvgIpc) is 2.62. The van der Waals surface area contributed by atoms with Crippen LogP contribution in [0.1, 0.15) is 5.56 Å². The molecule has 5 nitrogen and oxygen atoms in total. The lowest BCUT2D eigenvalue weighted by Crippen LogP contribution is -2.40. The van der Waals surface area contributed by atoms with Crippen LogP contribution in [-0.2, 0) is 4.79 Å². The molecule has 0 bridgehead atoms. The quantitative estimate of drug-likeness (QED) is 0.679. The summed E-state index contributed by atoms with van der Waals surface area (Å²) in [4.78, 5) is 11.2. The zero-order valence-electron chi connectivity index (χ0n) is 14.0. The van der Waals surface area contributed by atoms with E-state index in [9.17, 15) is 18.0 Å². The van der Waals surface area contributed by atoms with Gasteiger partial charge >= 0.3 is 12.1 Å². The number of hydrogen-bond acceptors (Lipinski definition) is 4. The van der Waals surface area contributed by atoms with Gasteiger partial charge in [-0.3, -0.25) is 0 Å². The number of carbonyl (C=O) groups is 1. The maximum atomic E-state index is 13.2. The zero-order valence-corrected chi connectivity index (χ0v) is 15.5. The smallest absolute Gasteiger partial charge is 0.430 e. The Hall–Kier alpha value is -2.58. The SMILES string of the molecule is COc1ccc(Oc2cc3c(cc2Cl)C=C(C(=O)O)C(C(F)(F)F)O3)c(Cl)c1. The summed E-state index contributed by atoms with van der Waals surface area (Å²) < 4.78 is 55.1. The number of benzene rings is 2. The highest BCUT2D eigenvalue weighted by atomic mass is 35.5. The molecule has 0 saturated carbocycles. The number of ether oxygens (including phenoxy) is 3. The molecule has 1 atom stereocenters. The average molecular weight is 435 g/mol. The highest BCUT2D eigenvalue weighted by Crippen LogP contribution is 2.43. The van der Waals surface area contributed by atoms with Crippen LogP contribution in [-0.4, -0.2) is 30.5 Å². The Bertz CT molecular complexity index is 972. The molecule has 3 rings (SSSR count). The van der Waals surface area contributed by atoms with Gasteiger partial charge < -0.3 is 19.3 Å². The Kier molecular flexibility index (Phi) is 5.36. The number of halogens is 5. The van der Waals surface area contributed by atoms with Gasteiger partial charge in [0.2, 0.25) is 6.10 Å². The van der Waals surface area contributed by atoms with Gasteiger partial charge in [0, 0.05) is 17.7 Å². The first kappa shape index (κ1) is 20.2. The van der Waals surface area contributed by atoms with Crippen LogP contribution in [0.15, 0.2) is 35.9 Å². The van der Waals surface area contributed by atoms with E-state index in [1.807, 2.05) is 0 Å². The summed E-state index contributed by atoms with van der Waals surface area (Å²) in [6.45, 7) is 0. The molecule has 10 heteroatoms. The molecule has 1 unspecified atom stereocenters. The van der Waals surface area contributed by atoms with E-state index in [0.717, 1.165) is 12.1 Å². The second-order valence-electron chi connectivity index (χ2n) is 5.66. The molecule has 0 fully saturated rings. The molecule has 0 spiro atoms. The van der Waals surface area contributed by atoms with Crippen LogP contribution in [0, 0.1) is 0 Å². The van der Waals surface area contributed by atoms with Gasteiger partial charge in [-0.2, -0.15) is 13.2 Å². The van der Waals surface area contributed by atoms with Gasteiger partial charge in [0.05, 0.1) is 22.7 Å². The van der Waals surface area contributed by atoms with Gasteiger partial charge in [-0.05, 0) is 24.3 Å². The van der Waals surface area contributed by atoms with Crippen molar-refractivity contribution < 1.29 is 37.3 Å². The lowest BCUT2D eigenvalue weighted by molar-refractivity contribution is -0.187. The van der Waals surface area contributed by atoms with Crippen LogP contribution in [0.2, 0.25) is 10.0 Å². The van der Waals surface area contributed by atoms with E-state index in [0.29, 0.717) is 5.75 Å². The molecule has 148 valence electrons. The van der Waals surface area contributed by atoms with Crippen molar-refractivity contribution in [2.45, 2.75) is 12.3 Å². The first-order valence-electron chi connectivity index (χ1n) is 7.63. The van der Waals surface area contributed by atoms with Crippen LogP contribution in [0.5, 0.6) is 23.0 Å². The number of carboxylic acids is 1. The third-order valence-corrected chi connectivity index (χ3v) is 4.40. The summed E-state index contributed by atoms with van der Waals surface area (Å²) in [7, 11) is 1.46. The Morgan fingerprint density at radius 2 is 1.82 bits per heavy atom. The molecule has 2 aromatic rings. The van der Waals surface area contributed by atoms with Crippen LogP contribution < -0.4 is 14.2 Å². The van der Waals surface area contributed by atoms with Crippen molar-refractivity contribution in [2.24, 2.45) is 0 Å². The summed E-state index contributed by atoms with van der Waals surface area (Å²) in [5, 5.41) is 9.28. The van der Waals surface area contributed by atoms with Gasteiger partial charge in [0.1, 0.15) is 23.0 Å². The fraction of sp³-hybridized carbons (Fsp3) is 0.167. The largest absolute Gasteiger partial charge is 0.497 e. The molecule has 28 heavy (non-hydrogen) atoms. The molecular formula is C18H11Cl2F3O5. The lowest BCUT2D eigenvalue weighted by atomic mass is 10.0. The highest BCUT2D eigenvalue weighted by Gasteiger charge is 2.48. The van der Waals surface area contributed by atoms with E-state index in [4.69, 9.17) is 42.5 Å².